The number of hydrogen-bond acceptors (Lipinski definition) is 7. The summed E-state index contributed by atoms with van der Waals surface area (Å²) in [6.07, 6.45) is 1.22. The van der Waals surface area contributed by atoms with Crippen LogP contribution >= 0.6 is 0 Å². The zero-order chi connectivity index (χ0) is 18.1. The molecule has 0 bridgehead atoms. The predicted octanol–water partition coefficient (Wildman–Crippen LogP) is 2.49. The van der Waals surface area contributed by atoms with Gasteiger partial charge in [-0.1, -0.05) is 6.92 Å². The van der Waals surface area contributed by atoms with Crippen molar-refractivity contribution in [1.82, 2.24) is 9.97 Å². The van der Waals surface area contributed by atoms with E-state index < -0.39 is 23.0 Å². The molecule has 1 aliphatic rings. The molecule has 0 saturated heterocycles. The minimum atomic E-state index is -1.26. The molecular weight excluding hydrogens is 330 g/mol. The summed E-state index contributed by atoms with van der Waals surface area (Å²) in [5.74, 6) is -2.25. The van der Waals surface area contributed by atoms with Crippen molar-refractivity contribution in [2.45, 2.75) is 25.4 Å². The molecule has 1 aromatic carbocycles. The van der Waals surface area contributed by atoms with Crippen molar-refractivity contribution in [1.29, 1.82) is 0 Å². The monoisotopic (exact) mass is 343 g/mol. The minimum absolute atomic E-state index is 0.0208. The van der Waals surface area contributed by atoms with Crippen molar-refractivity contribution in [3.8, 4) is 0 Å². The third-order valence-corrected chi connectivity index (χ3v) is 4.01. The number of nitrogens with zero attached hydrogens (tertiary/aromatic N) is 3. The summed E-state index contributed by atoms with van der Waals surface area (Å²) in [7, 11) is 0. The second-order valence-electron chi connectivity index (χ2n) is 5.67. The van der Waals surface area contributed by atoms with Crippen LogP contribution in [0.25, 0.3) is 0 Å². The van der Waals surface area contributed by atoms with E-state index >= 15 is 0 Å². The van der Waals surface area contributed by atoms with Crippen LogP contribution in [0.3, 0.4) is 0 Å². The first-order chi connectivity index (χ1) is 11.9. The van der Waals surface area contributed by atoms with E-state index in [4.69, 9.17) is 9.84 Å². The quantitative estimate of drug-likeness (QED) is 0.508. The van der Waals surface area contributed by atoms with Crippen LogP contribution in [0.4, 0.5) is 5.69 Å². The third kappa shape index (κ3) is 3.16. The minimum Gasteiger partial charge on any atom is -0.475 e. The number of nitro benzene ring substituents is 1. The molecule has 0 fully saturated rings. The Balaban J connectivity index is 1.82. The second kappa shape index (κ2) is 6.27. The molecule has 0 saturated carbocycles. The Morgan fingerprint density at radius 1 is 1.32 bits per heavy atom. The first-order valence-electron chi connectivity index (χ1n) is 7.42. The first kappa shape index (κ1) is 16.5. The molecule has 0 unspecified atom stereocenters. The summed E-state index contributed by atoms with van der Waals surface area (Å²) in [5.41, 5.74) is 1.16. The van der Waals surface area contributed by atoms with Crippen molar-refractivity contribution in [2.24, 2.45) is 0 Å². The largest absolute Gasteiger partial charge is 0.475 e. The highest BCUT2D eigenvalue weighted by Gasteiger charge is 2.34. The van der Waals surface area contributed by atoms with Gasteiger partial charge in [-0.05, 0) is 30.0 Å². The second-order valence-corrected chi connectivity index (χ2v) is 5.67. The summed E-state index contributed by atoms with van der Waals surface area (Å²) >= 11 is 0. The van der Waals surface area contributed by atoms with E-state index in [0.717, 1.165) is 5.56 Å². The molecule has 2 atom stereocenters. The number of carboxylic acid groups (broad SMARTS) is 1. The average molecular weight is 343 g/mol. The molecule has 0 spiro atoms. The maximum absolute atomic E-state index is 12.3. The molecule has 128 valence electrons. The normalized spacial score (nSPS) is 18.4. The fourth-order valence-corrected chi connectivity index (χ4v) is 2.73. The highest BCUT2D eigenvalue weighted by Crippen LogP contribution is 2.41. The summed E-state index contributed by atoms with van der Waals surface area (Å²) in [5, 5.41) is 19.7. The highest BCUT2D eigenvalue weighted by atomic mass is 16.6. The number of ether oxygens (including phenoxy) is 1. The molecule has 0 aliphatic heterocycles. The van der Waals surface area contributed by atoms with Crippen LogP contribution in [0.5, 0.6) is 0 Å². The van der Waals surface area contributed by atoms with Crippen molar-refractivity contribution in [3.05, 3.63) is 63.2 Å². The first-order valence-corrected chi connectivity index (χ1v) is 7.42. The van der Waals surface area contributed by atoms with E-state index in [9.17, 15) is 19.7 Å². The molecule has 3 rings (SSSR count). The molecule has 1 heterocycles. The van der Waals surface area contributed by atoms with Gasteiger partial charge < -0.3 is 9.84 Å². The number of fused-ring (bicyclic) bond motifs is 1. The van der Waals surface area contributed by atoms with Crippen molar-refractivity contribution < 1.29 is 24.4 Å². The number of esters is 1. The number of nitro groups is 1. The van der Waals surface area contributed by atoms with E-state index in [0.29, 0.717) is 12.1 Å². The van der Waals surface area contributed by atoms with Crippen LogP contribution < -0.4 is 0 Å². The molecular formula is C16H13N3O6. The fraction of sp³-hybridized carbons (Fsp3) is 0.250. The summed E-state index contributed by atoms with van der Waals surface area (Å²) in [4.78, 5) is 41.2. The highest BCUT2D eigenvalue weighted by molar-refractivity contribution is 5.90. The van der Waals surface area contributed by atoms with Crippen LogP contribution in [-0.2, 0) is 4.74 Å². The lowest BCUT2D eigenvalue weighted by Gasteiger charge is -2.12. The SMILES string of the molecule is C[C@@H]1C[C@H](OC(=O)c2ccc([N+](=O)[O-])cc2)c2nc(C(=O)O)ncc21. The zero-order valence-electron chi connectivity index (χ0n) is 13.1. The zero-order valence-corrected chi connectivity index (χ0v) is 13.1. The lowest BCUT2D eigenvalue weighted by Crippen LogP contribution is -2.13. The summed E-state index contributed by atoms with van der Waals surface area (Å²) in [6.45, 7) is 1.91. The number of hydrogen-bond donors (Lipinski definition) is 1. The van der Waals surface area contributed by atoms with Crippen molar-refractivity contribution >= 4 is 17.6 Å². The average Bonchev–Trinajstić information content (AvgIpc) is 2.90. The summed E-state index contributed by atoms with van der Waals surface area (Å²) in [6, 6.07) is 5.05. The molecule has 0 radical (unpaired) electrons. The summed E-state index contributed by atoms with van der Waals surface area (Å²) < 4.78 is 5.44. The number of carboxylic acids is 1. The van der Waals surface area contributed by atoms with Crippen LogP contribution in [0.15, 0.2) is 30.5 Å². The van der Waals surface area contributed by atoms with Crippen molar-refractivity contribution in [3.63, 3.8) is 0 Å². The van der Waals surface area contributed by atoms with E-state index in [1.807, 2.05) is 6.92 Å². The Morgan fingerprint density at radius 3 is 2.60 bits per heavy atom. The Hall–Kier alpha value is -3.36. The van der Waals surface area contributed by atoms with Crippen LogP contribution in [0.2, 0.25) is 0 Å². The van der Waals surface area contributed by atoms with Gasteiger partial charge in [0.05, 0.1) is 16.2 Å². The molecule has 1 aromatic heterocycles. The Labute approximate surface area is 141 Å². The molecule has 25 heavy (non-hydrogen) atoms. The standard InChI is InChI=1S/C16H13N3O6/c1-8-6-12(13-11(8)7-17-14(18-13)15(20)21)25-16(22)9-2-4-10(5-3-9)19(23)24/h2-5,7-8,12H,6H2,1H3,(H,20,21)/t8-,12+/m1/s1. The third-order valence-electron chi connectivity index (χ3n) is 4.01. The number of carbonyl (C=O) groups excluding carboxylic acids is 1. The molecule has 9 heteroatoms. The van der Waals surface area contributed by atoms with E-state index in [1.54, 1.807) is 0 Å². The van der Waals surface area contributed by atoms with Gasteiger partial charge in [-0.3, -0.25) is 10.1 Å². The lowest BCUT2D eigenvalue weighted by atomic mass is 10.1. The molecule has 0 amide bonds. The maximum Gasteiger partial charge on any atom is 0.373 e. The molecule has 2 aromatic rings. The van der Waals surface area contributed by atoms with Gasteiger partial charge in [-0.25, -0.2) is 19.6 Å². The number of benzene rings is 1. The Bertz CT molecular complexity index is 865. The lowest BCUT2D eigenvalue weighted by molar-refractivity contribution is -0.384. The van der Waals surface area contributed by atoms with Crippen molar-refractivity contribution in [2.75, 3.05) is 0 Å². The fourth-order valence-electron chi connectivity index (χ4n) is 2.73. The maximum atomic E-state index is 12.3. The van der Waals surface area contributed by atoms with Crippen LogP contribution in [0, 0.1) is 10.1 Å². The van der Waals surface area contributed by atoms with E-state index in [-0.39, 0.29) is 23.0 Å². The van der Waals surface area contributed by atoms with Gasteiger partial charge in [0.15, 0.2) is 0 Å². The van der Waals surface area contributed by atoms with E-state index in [2.05, 4.69) is 9.97 Å². The van der Waals surface area contributed by atoms with Crippen LogP contribution in [0.1, 0.15) is 57.6 Å². The van der Waals surface area contributed by atoms with Gasteiger partial charge in [0, 0.05) is 18.3 Å². The Morgan fingerprint density at radius 2 is 2.00 bits per heavy atom. The van der Waals surface area contributed by atoms with Crippen LogP contribution in [-0.4, -0.2) is 31.9 Å². The Kier molecular flexibility index (Phi) is 4.14. The van der Waals surface area contributed by atoms with Gasteiger partial charge in [0.2, 0.25) is 5.82 Å². The number of aromatic carboxylic acids is 1. The molecule has 1 aliphatic carbocycles. The number of rotatable bonds is 4. The van der Waals surface area contributed by atoms with Gasteiger partial charge in [0.25, 0.3) is 5.69 Å². The predicted molar refractivity (Wildman–Crippen MR) is 83.3 cm³/mol. The van der Waals surface area contributed by atoms with Gasteiger partial charge in [-0.2, -0.15) is 0 Å². The topological polar surface area (TPSA) is 133 Å². The van der Waals surface area contributed by atoms with Gasteiger partial charge in [-0.15, -0.1) is 0 Å². The molecule has 1 N–H and O–H groups in total. The van der Waals surface area contributed by atoms with Gasteiger partial charge in [0.1, 0.15) is 6.10 Å². The van der Waals surface area contributed by atoms with Gasteiger partial charge >= 0.3 is 11.9 Å². The molecule has 9 nitrogen and oxygen atoms in total. The number of aromatic nitrogens is 2. The van der Waals surface area contributed by atoms with E-state index in [1.165, 1.54) is 30.5 Å². The smallest absolute Gasteiger partial charge is 0.373 e. The number of non-ortho nitro benzene ring substituents is 1. The number of carbonyl (C=O) groups is 2.